The number of nitrogens with zero attached hydrogens (tertiary/aromatic N) is 2. The number of amides is 1. The predicted octanol–water partition coefficient (Wildman–Crippen LogP) is 1.99. The van der Waals surface area contributed by atoms with Gasteiger partial charge >= 0.3 is 0 Å². The first kappa shape index (κ1) is 19.3. The van der Waals surface area contributed by atoms with Crippen LogP contribution in [0.15, 0.2) is 23.1 Å². The molecule has 2 unspecified atom stereocenters. The van der Waals surface area contributed by atoms with Crippen molar-refractivity contribution in [1.29, 1.82) is 0 Å². The maximum Gasteiger partial charge on any atom is 0.254 e. The molecule has 144 valence electrons. The fourth-order valence-corrected chi connectivity index (χ4v) is 5.49. The van der Waals surface area contributed by atoms with Gasteiger partial charge in [0, 0.05) is 43.8 Å². The van der Waals surface area contributed by atoms with Crippen molar-refractivity contribution in [1.82, 2.24) is 14.5 Å². The highest BCUT2D eigenvalue weighted by Gasteiger charge is 2.32. The maximum absolute atomic E-state index is 13.1. The monoisotopic (exact) mass is 379 g/mol. The summed E-state index contributed by atoms with van der Waals surface area (Å²) in [5, 5.41) is 3.57. The average molecular weight is 380 g/mol. The van der Waals surface area contributed by atoms with E-state index in [9.17, 15) is 13.2 Å². The second-order valence-corrected chi connectivity index (χ2v) is 9.18. The van der Waals surface area contributed by atoms with E-state index in [0.717, 1.165) is 24.9 Å². The summed E-state index contributed by atoms with van der Waals surface area (Å²) in [6.07, 6.45) is 3.24. The zero-order valence-corrected chi connectivity index (χ0v) is 16.7. The lowest BCUT2D eigenvalue weighted by Crippen LogP contribution is -2.39. The van der Waals surface area contributed by atoms with Crippen LogP contribution in [0.3, 0.4) is 0 Å². The minimum Gasteiger partial charge on any atom is -0.337 e. The van der Waals surface area contributed by atoms with Crippen LogP contribution in [0.4, 0.5) is 0 Å². The van der Waals surface area contributed by atoms with E-state index in [1.54, 1.807) is 18.2 Å². The lowest BCUT2D eigenvalue weighted by molar-refractivity contribution is 0.0747. The van der Waals surface area contributed by atoms with E-state index in [2.05, 4.69) is 5.32 Å². The number of hydrogen-bond acceptors (Lipinski definition) is 4. The van der Waals surface area contributed by atoms with Crippen molar-refractivity contribution in [3.05, 3.63) is 29.3 Å². The van der Waals surface area contributed by atoms with Gasteiger partial charge in [0.15, 0.2) is 0 Å². The predicted molar refractivity (Wildman–Crippen MR) is 102 cm³/mol. The zero-order valence-electron chi connectivity index (χ0n) is 15.9. The van der Waals surface area contributed by atoms with Crippen LogP contribution in [0.1, 0.15) is 49.0 Å². The van der Waals surface area contributed by atoms with Crippen molar-refractivity contribution in [2.24, 2.45) is 0 Å². The molecule has 2 fully saturated rings. The van der Waals surface area contributed by atoms with E-state index in [0.29, 0.717) is 37.3 Å². The van der Waals surface area contributed by atoms with Gasteiger partial charge in [-0.2, -0.15) is 4.31 Å². The van der Waals surface area contributed by atoms with Crippen molar-refractivity contribution in [3.8, 4) is 0 Å². The molecule has 1 amide bonds. The zero-order chi connectivity index (χ0) is 18.9. The number of carbonyl (C=O) groups is 1. The van der Waals surface area contributed by atoms with Gasteiger partial charge in [-0.05, 0) is 43.9 Å². The van der Waals surface area contributed by atoms with Crippen molar-refractivity contribution in [2.45, 2.75) is 57.0 Å². The molecule has 2 heterocycles. The van der Waals surface area contributed by atoms with Gasteiger partial charge in [-0.1, -0.05) is 19.9 Å². The van der Waals surface area contributed by atoms with E-state index in [1.807, 2.05) is 25.7 Å². The van der Waals surface area contributed by atoms with Crippen molar-refractivity contribution in [3.63, 3.8) is 0 Å². The third-order valence-electron chi connectivity index (χ3n) is 5.59. The number of fused-ring (bicyclic) bond motifs is 2. The molecule has 2 aliphatic rings. The highest BCUT2D eigenvalue weighted by atomic mass is 32.2. The topological polar surface area (TPSA) is 69.7 Å². The molecule has 7 heteroatoms. The van der Waals surface area contributed by atoms with Gasteiger partial charge in [0.2, 0.25) is 10.0 Å². The van der Waals surface area contributed by atoms with E-state index in [1.165, 1.54) is 10.7 Å². The Kier molecular flexibility index (Phi) is 5.69. The fraction of sp³-hybridized carbons (Fsp3) is 0.632. The molecule has 1 N–H and O–H groups in total. The number of likely N-dealkylation sites (tertiary alicyclic amines) is 1. The first-order valence-electron chi connectivity index (χ1n) is 9.53. The third-order valence-corrected chi connectivity index (χ3v) is 7.64. The summed E-state index contributed by atoms with van der Waals surface area (Å²) in [5.41, 5.74) is 1.31. The minimum atomic E-state index is -3.57. The van der Waals surface area contributed by atoms with Gasteiger partial charge in [-0.15, -0.1) is 0 Å². The summed E-state index contributed by atoms with van der Waals surface area (Å²) in [7, 11) is -3.57. The molecule has 1 aromatic carbocycles. The SMILES string of the molecule is CCN(CC)S(=O)(=O)c1ccc(C)c(C(=O)N2CCC3CCC(C2)N3)c1. The van der Waals surface area contributed by atoms with Gasteiger partial charge in [0.05, 0.1) is 4.90 Å². The Morgan fingerprint density at radius 2 is 1.88 bits per heavy atom. The first-order chi connectivity index (χ1) is 12.4. The highest BCUT2D eigenvalue weighted by Crippen LogP contribution is 2.24. The van der Waals surface area contributed by atoms with Crippen molar-refractivity contribution in [2.75, 3.05) is 26.2 Å². The fourth-order valence-electron chi connectivity index (χ4n) is 4.00. The van der Waals surface area contributed by atoms with Gasteiger partial charge < -0.3 is 10.2 Å². The summed E-state index contributed by atoms with van der Waals surface area (Å²) in [5.74, 6) is -0.0616. The van der Waals surface area contributed by atoms with E-state index in [4.69, 9.17) is 0 Å². The molecule has 0 saturated carbocycles. The summed E-state index contributed by atoms with van der Waals surface area (Å²) in [6, 6.07) is 5.77. The number of nitrogens with one attached hydrogen (secondary N) is 1. The number of sulfonamides is 1. The largest absolute Gasteiger partial charge is 0.337 e. The Morgan fingerprint density at radius 1 is 1.19 bits per heavy atom. The van der Waals surface area contributed by atoms with Crippen LogP contribution in [0.25, 0.3) is 0 Å². The first-order valence-corrected chi connectivity index (χ1v) is 11.0. The van der Waals surface area contributed by atoms with Crippen LogP contribution in [0.5, 0.6) is 0 Å². The molecule has 3 rings (SSSR count). The molecule has 0 radical (unpaired) electrons. The number of rotatable bonds is 5. The van der Waals surface area contributed by atoms with Gasteiger partial charge in [0.25, 0.3) is 5.91 Å². The van der Waals surface area contributed by atoms with E-state index >= 15 is 0 Å². The van der Waals surface area contributed by atoms with Crippen LogP contribution in [-0.2, 0) is 10.0 Å². The Labute approximate surface area is 156 Å². The number of hydrogen-bond donors (Lipinski definition) is 1. The minimum absolute atomic E-state index is 0.0616. The molecule has 2 atom stereocenters. The molecule has 0 aromatic heterocycles. The molecule has 2 bridgehead atoms. The Balaban J connectivity index is 1.89. The van der Waals surface area contributed by atoms with Gasteiger partial charge in [-0.25, -0.2) is 8.42 Å². The Hall–Kier alpha value is -1.44. The second kappa shape index (κ2) is 7.66. The summed E-state index contributed by atoms with van der Waals surface area (Å²) >= 11 is 0. The maximum atomic E-state index is 13.1. The van der Waals surface area contributed by atoms with Crippen LogP contribution in [0, 0.1) is 6.92 Å². The Bertz CT molecular complexity index is 774. The normalized spacial score (nSPS) is 23.3. The van der Waals surface area contributed by atoms with E-state index in [-0.39, 0.29) is 10.8 Å². The lowest BCUT2D eigenvalue weighted by atomic mass is 10.0. The summed E-state index contributed by atoms with van der Waals surface area (Å²) in [6.45, 7) is 7.75. The third kappa shape index (κ3) is 3.66. The molecule has 26 heavy (non-hydrogen) atoms. The quantitative estimate of drug-likeness (QED) is 0.849. The number of aryl methyl sites for hydroxylation is 1. The van der Waals surface area contributed by atoms with Crippen LogP contribution in [-0.4, -0.2) is 61.8 Å². The molecular formula is C19H29N3O3S. The molecule has 0 aliphatic carbocycles. The molecule has 2 aliphatic heterocycles. The highest BCUT2D eigenvalue weighted by molar-refractivity contribution is 7.89. The second-order valence-electron chi connectivity index (χ2n) is 7.24. The number of benzene rings is 1. The van der Waals surface area contributed by atoms with Crippen LogP contribution >= 0.6 is 0 Å². The Morgan fingerprint density at radius 3 is 2.58 bits per heavy atom. The lowest BCUT2D eigenvalue weighted by Gasteiger charge is -2.25. The summed E-state index contributed by atoms with van der Waals surface area (Å²) < 4.78 is 27.0. The standard InChI is InChI=1S/C19H29N3O3S/c1-4-22(5-2)26(24,25)17-9-6-14(3)18(12-17)19(23)21-11-10-15-7-8-16(13-21)20-15/h6,9,12,15-16,20H,4-5,7-8,10-11,13H2,1-3H3. The van der Waals surface area contributed by atoms with Crippen molar-refractivity contribution >= 4 is 15.9 Å². The molecule has 2 saturated heterocycles. The molecule has 1 aromatic rings. The van der Waals surface area contributed by atoms with Crippen LogP contribution in [0.2, 0.25) is 0 Å². The van der Waals surface area contributed by atoms with Crippen molar-refractivity contribution < 1.29 is 13.2 Å². The molecule has 0 spiro atoms. The van der Waals surface area contributed by atoms with Gasteiger partial charge in [-0.3, -0.25) is 4.79 Å². The summed E-state index contributed by atoms with van der Waals surface area (Å²) in [4.78, 5) is 15.2. The average Bonchev–Trinajstić information content (AvgIpc) is 2.94. The van der Waals surface area contributed by atoms with E-state index < -0.39 is 10.0 Å². The number of carbonyl (C=O) groups excluding carboxylic acids is 1. The smallest absolute Gasteiger partial charge is 0.254 e. The van der Waals surface area contributed by atoms with Gasteiger partial charge in [0.1, 0.15) is 0 Å². The molecule has 6 nitrogen and oxygen atoms in total. The molecular weight excluding hydrogens is 350 g/mol. The van der Waals surface area contributed by atoms with Crippen LogP contribution < -0.4 is 5.32 Å².